The van der Waals surface area contributed by atoms with Gasteiger partial charge in [0, 0.05) is 10.9 Å². The van der Waals surface area contributed by atoms with Crippen molar-refractivity contribution >= 4 is 24.6 Å². The van der Waals surface area contributed by atoms with Crippen molar-refractivity contribution < 1.29 is 23.7 Å². The number of fused-ring (bicyclic) bond motifs is 1. The zero-order chi connectivity index (χ0) is 18.6. The molecule has 0 saturated carbocycles. The van der Waals surface area contributed by atoms with E-state index in [0.29, 0.717) is 12.1 Å². The van der Waals surface area contributed by atoms with Crippen LogP contribution >= 0.6 is 7.82 Å². The van der Waals surface area contributed by atoms with E-state index in [2.05, 4.69) is 14.8 Å². The van der Waals surface area contributed by atoms with Gasteiger partial charge in [-0.25, -0.2) is 4.57 Å². The molecule has 1 heterocycles. The maximum Gasteiger partial charge on any atom is 0.469 e. The van der Waals surface area contributed by atoms with Crippen LogP contribution in [0.5, 0.6) is 0 Å². The average molecular weight is 374 g/mol. The van der Waals surface area contributed by atoms with Gasteiger partial charge in [0.25, 0.3) is 5.91 Å². The Morgan fingerprint density at radius 3 is 2.50 bits per heavy atom. The van der Waals surface area contributed by atoms with Crippen molar-refractivity contribution in [2.24, 2.45) is 0 Å². The molecule has 8 heteroatoms. The van der Waals surface area contributed by atoms with E-state index in [9.17, 15) is 9.36 Å². The molecule has 0 saturated heterocycles. The van der Waals surface area contributed by atoms with Crippen molar-refractivity contribution in [1.82, 2.24) is 10.3 Å². The highest BCUT2D eigenvalue weighted by Crippen LogP contribution is 2.35. The molecule has 2 aromatic carbocycles. The average Bonchev–Trinajstić information content (AvgIpc) is 3.04. The van der Waals surface area contributed by atoms with Gasteiger partial charge in [0.1, 0.15) is 5.69 Å². The summed E-state index contributed by atoms with van der Waals surface area (Å²) in [6, 6.07) is 18.0. The van der Waals surface area contributed by atoms with E-state index in [0.717, 1.165) is 16.5 Å². The number of phosphoric ester groups is 1. The first-order valence-electron chi connectivity index (χ1n) is 8.03. The number of hydrogen-bond acceptors (Lipinski definition) is 3. The quantitative estimate of drug-likeness (QED) is 0.475. The monoisotopic (exact) mass is 374 g/mol. The van der Waals surface area contributed by atoms with E-state index >= 15 is 0 Å². The van der Waals surface area contributed by atoms with Crippen LogP contribution in [0.1, 0.15) is 16.1 Å². The summed E-state index contributed by atoms with van der Waals surface area (Å²) >= 11 is 0. The SMILES string of the molecule is O=C(N[C@@H](COP(=O)(O)O)Cc1ccccc1)c1cc2ccccc2[nH]1. The number of para-hydroxylation sites is 1. The molecule has 1 aromatic heterocycles. The highest BCUT2D eigenvalue weighted by Gasteiger charge is 2.21. The van der Waals surface area contributed by atoms with Crippen molar-refractivity contribution in [2.75, 3.05) is 6.61 Å². The molecule has 136 valence electrons. The van der Waals surface area contributed by atoms with Gasteiger partial charge in [-0.3, -0.25) is 9.32 Å². The second-order valence-corrected chi connectivity index (χ2v) is 7.16. The van der Waals surface area contributed by atoms with Crippen LogP contribution in [-0.2, 0) is 15.5 Å². The maximum absolute atomic E-state index is 12.5. The summed E-state index contributed by atoms with van der Waals surface area (Å²) < 4.78 is 15.6. The topological polar surface area (TPSA) is 112 Å². The minimum absolute atomic E-state index is 0.300. The highest BCUT2D eigenvalue weighted by atomic mass is 31.2. The van der Waals surface area contributed by atoms with Gasteiger partial charge in [0.2, 0.25) is 0 Å². The van der Waals surface area contributed by atoms with Crippen molar-refractivity contribution in [2.45, 2.75) is 12.5 Å². The Balaban J connectivity index is 1.74. The van der Waals surface area contributed by atoms with Gasteiger partial charge in [-0.05, 0) is 24.1 Å². The molecule has 0 fully saturated rings. The Labute approximate surface area is 150 Å². The lowest BCUT2D eigenvalue weighted by molar-refractivity contribution is 0.0905. The molecule has 0 aliphatic rings. The van der Waals surface area contributed by atoms with Crippen LogP contribution in [-0.4, -0.2) is 33.3 Å². The number of H-pyrrole nitrogens is 1. The van der Waals surface area contributed by atoms with Crippen LogP contribution in [0.15, 0.2) is 60.7 Å². The molecule has 3 rings (SSSR count). The Morgan fingerprint density at radius 2 is 1.81 bits per heavy atom. The zero-order valence-electron chi connectivity index (χ0n) is 13.8. The van der Waals surface area contributed by atoms with Crippen LogP contribution in [0, 0.1) is 0 Å². The molecule has 3 aromatic rings. The minimum atomic E-state index is -4.62. The standard InChI is InChI=1S/C18H19N2O5P/c21-18(17-11-14-8-4-5-9-16(14)20-17)19-15(12-25-26(22,23)24)10-13-6-2-1-3-7-13/h1-9,11,15,20H,10,12H2,(H,19,21)(H2,22,23,24)/t15-/m1/s1. The second-order valence-electron chi connectivity index (χ2n) is 5.92. The number of carbonyl (C=O) groups excluding carboxylic acids is 1. The number of rotatable bonds is 7. The molecule has 0 spiro atoms. The first-order valence-corrected chi connectivity index (χ1v) is 9.56. The van der Waals surface area contributed by atoms with Crippen molar-refractivity contribution in [3.05, 3.63) is 71.9 Å². The number of aromatic amines is 1. The summed E-state index contributed by atoms with van der Waals surface area (Å²) in [7, 11) is -4.62. The Morgan fingerprint density at radius 1 is 1.12 bits per heavy atom. The first kappa shape index (κ1) is 18.4. The third-order valence-corrected chi connectivity index (χ3v) is 4.36. The Bertz CT molecular complexity index is 902. The molecule has 0 radical (unpaired) electrons. The summed E-state index contributed by atoms with van der Waals surface area (Å²) in [6.45, 7) is -0.300. The third-order valence-electron chi connectivity index (χ3n) is 3.88. The van der Waals surface area contributed by atoms with Crippen molar-refractivity contribution in [3.63, 3.8) is 0 Å². The summed E-state index contributed by atoms with van der Waals surface area (Å²) in [4.78, 5) is 33.5. The van der Waals surface area contributed by atoms with Gasteiger partial charge >= 0.3 is 7.82 Å². The third kappa shape index (κ3) is 5.03. The molecule has 7 nitrogen and oxygen atoms in total. The van der Waals surface area contributed by atoms with Gasteiger partial charge in [-0.1, -0.05) is 48.5 Å². The fraction of sp³-hybridized carbons (Fsp3) is 0.167. The summed E-state index contributed by atoms with van der Waals surface area (Å²) in [5.41, 5.74) is 2.13. The van der Waals surface area contributed by atoms with Gasteiger partial charge < -0.3 is 20.1 Å². The number of nitrogens with one attached hydrogen (secondary N) is 2. The highest BCUT2D eigenvalue weighted by molar-refractivity contribution is 7.46. The van der Waals surface area contributed by atoms with Gasteiger partial charge in [0.05, 0.1) is 12.6 Å². The number of amides is 1. The lowest BCUT2D eigenvalue weighted by Gasteiger charge is -2.19. The van der Waals surface area contributed by atoms with Gasteiger partial charge in [-0.15, -0.1) is 0 Å². The van der Waals surface area contributed by atoms with E-state index in [1.165, 1.54) is 0 Å². The lowest BCUT2D eigenvalue weighted by atomic mass is 10.1. The summed E-state index contributed by atoms with van der Waals surface area (Å²) in [5.74, 6) is -0.364. The van der Waals surface area contributed by atoms with E-state index < -0.39 is 13.9 Å². The molecule has 0 aliphatic heterocycles. The van der Waals surface area contributed by atoms with Crippen LogP contribution in [0.25, 0.3) is 10.9 Å². The van der Waals surface area contributed by atoms with Gasteiger partial charge in [0.15, 0.2) is 0 Å². The van der Waals surface area contributed by atoms with Gasteiger partial charge in [-0.2, -0.15) is 0 Å². The zero-order valence-corrected chi connectivity index (χ0v) is 14.7. The van der Waals surface area contributed by atoms with E-state index in [1.807, 2.05) is 54.6 Å². The predicted octanol–water partition coefficient (Wildman–Crippen LogP) is 2.62. The van der Waals surface area contributed by atoms with Crippen LogP contribution in [0.2, 0.25) is 0 Å². The summed E-state index contributed by atoms with van der Waals surface area (Å²) in [6.07, 6.45) is 0.382. The number of phosphoric acid groups is 1. The Hall–Kier alpha value is -2.44. The first-order chi connectivity index (χ1) is 12.4. The summed E-state index contributed by atoms with van der Waals surface area (Å²) in [5, 5.41) is 3.68. The van der Waals surface area contributed by atoms with Crippen molar-refractivity contribution in [1.29, 1.82) is 0 Å². The number of hydrogen-bond donors (Lipinski definition) is 4. The van der Waals surface area contributed by atoms with Crippen LogP contribution in [0.3, 0.4) is 0 Å². The minimum Gasteiger partial charge on any atom is -0.351 e. The molecule has 1 amide bonds. The van der Waals surface area contributed by atoms with E-state index in [4.69, 9.17) is 9.79 Å². The maximum atomic E-state index is 12.5. The Kier molecular flexibility index (Phi) is 5.54. The van der Waals surface area contributed by atoms with E-state index in [1.54, 1.807) is 6.07 Å². The molecular formula is C18H19N2O5P. The smallest absolute Gasteiger partial charge is 0.351 e. The molecule has 0 unspecified atom stereocenters. The predicted molar refractivity (Wildman–Crippen MR) is 97.7 cm³/mol. The fourth-order valence-electron chi connectivity index (χ4n) is 2.70. The normalized spacial score (nSPS) is 12.8. The van der Waals surface area contributed by atoms with Crippen molar-refractivity contribution in [3.8, 4) is 0 Å². The van der Waals surface area contributed by atoms with E-state index in [-0.39, 0.29) is 12.5 Å². The largest absolute Gasteiger partial charge is 0.469 e. The molecular weight excluding hydrogens is 355 g/mol. The fourth-order valence-corrected chi connectivity index (χ4v) is 3.07. The molecule has 26 heavy (non-hydrogen) atoms. The number of aromatic nitrogens is 1. The molecule has 4 N–H and O–H groups in total. The molecule has 1 atom stereocenters. The molecule has 0 aliphatic carbocycles. The van der Waals surface area contributed by atoms with Crippen LogP contribution in [0.4, 0.5) is 0 Å². The van der Waals surface area contributed by atoms with Crippen LogP contribution < -0.4 is 5.32 Å². The number of benzene rings is 2. The lowest BCUT2D eigenvalue weighted by Crippen LogP contribution is -2.39. The second kappa shape index (κ2) is 7.85. The number of carbonyl (C=O) groups is 1. The molecule has 0 bridgehead atoms.